The van der Waals surface area contributed by atoms with E-state index in [-0.39, 0.29) is 0 Å². The third kappa shape index (κ3) is 41.0. The van der Waals surface area contributed by atoms with Crippen LogP contribution in [0.1, 0.15) is 178 Å². The van der Waals surface area contributed by atoms with E-state index in [1.807, 2.05) is 235 Å². The van der Waals surface area contributed by atoms with Crippen LogP contribution in [0.25, 0.3) is 54.1 Å². The molecule has 0 aliphatic rings. The number of para-hydroxylation sites is 2. The lowest BCUT2D eigenvalue weighted by Gasteiger charge is -2.08. The van der Waals surface area contributed by atoms with E-state index in [4.69, 9.17) is 0 Å². The molecule has 0 bridgehead atoms. The number of hydrogen-bond acceptors (Lipinski definition) is 9. The Bertz CT molecular complexity index is 3330. The molecule has 514 valence electrons. The Morgan fingerprint density at radius 3 is 1.09 bits per heavy atom. The van der Waals surface area contributed by atoms with Crippen molar-refractivity contribution < 1.29 is 0 Å². The van der Waals surface area contributed by atoms with Crippen LogP contribution in [0.5, 0.6) is 0 Å². The second-order valence-corrected chi connectivity index (χ2v) is 17.3. The van der Waals surface area contributed by atoms with E-state index in [0.29, 0.717) is 0 Å². The Morgan fingerprint density at radius 1 is 0.253 bits per heavy atom. The molecule has 95 heavy (non-hydrogen) atoms. The molecule has 0 radical (unpaired) electrons. The SMILES string of the molecule is CC.CC.CC.CC.CC.CC.CC.CC.CC.CC.Cc1cccc2c1ccc1cc3ccccc3cc12.Cc1ccccn1.Cc1cccnc1.Cc1ccncc1.Cc1ccncn1.Cc1cnccn1.Cc1ncccn1.Cn1c2ccccc2c2ccccc21. The van der Waals surface area contributed by atoms with Gasteiger partial charge in [0.25, 0.3) is 0 Å². The molecule has 0 saturated heterocycles. The molecule has 0 amide bonds. The van der Waals surface area contributed by atoms with Crippen molar-refractivity contribution in [2.24, 2.45) is 7.05 Å². The fourth-order valence-electron chi connectivity index (χ4n) is 7.48. The third-order valence-electron chi connectivity index (χ3n) is 11.4. The Morgan fingerprint density at radius 2 is 0.726 bits per heavy atom. The summed E-state index contributed by atoms with van der Waals surface area (Å²) in [5, 5.41) is 10.7. The standard InChI is InChI=1S/C19H14.C13H11N.3C6H7N.3C5H6N2.10C2H6/c1-13-5-4-8-18-17(13)10-9-16-11-14-6-2-3-7-15(14)12-19(16)18;1-14-12-8-4-2-6-10(12)11-7-3-5-9-13(11)14;1-6-2-4-7-5-3-6;1-6-3-2-4-7-5-6;1-6-4-2-3-5-7-6;1-5-4-6-2-3-7-5;1-5-2-3-6-4-7-5;1-5-6-3-2-4-7-5;10*1-2/h2-12H,1H3;2-9H,1H3;3*2-5H,1H3;3*2-4H,1H3;10*1-2H3. The van der Waals surface area contributed by atoms with E-state index in [9.17, 15) is 0 Å². The van der Waals surface area contributed by atoms with Crippen molar-refractivity contribution in [2.75, 3.05) is 0 Å². The Labute approximate surface area is 578 Å². The average molecular weight is 1290 g/mol. The molecule has 0 spiro atoms. The first-order valence-corrected chi connectivity index (χ1v) is 34.6. The molecule has 13 rings (SSSR count). The van der Waals surface area contributed by atoms with E-state index >= 15 is 0 Å². The number of aryl methyl sites for hydroxylation is 8. The molecule has 7 heterocycles. The first-order chi connectivity index (χ1) is 46.6. The lowest BCUT2D eigenvalue weighted by molar-refractivity contribution is 1.01. The van der Waals surface area contributed by atoms with Crippen LogP contribution < -0.4 is 0 Å². The van der Waals surface area contributed by atoms with Gasteiger partial charge < -0.3 is 4.57 Å². The van der Waals surface area contributed by atoms with Crippen molar-refractivity contribution in [3.05, 3.63) is 284 Å². The van der Waals surface area contributed by atoms with Gasteiger partial charge in [0.1, 0.15) is 12.2 Å². The predicted molar refractivity (Wildman–Crippen MR) is 425 cm³/mol. The van der Waals surface area contributed by atoms with E-state index in [0.717, 1.165) is 22.9 Å². The summed E-state index contributed by atoms with van der Waals surface area (Å²) in [7, 11) is 2.12. The fourth-order valence-corrected chi connectivity index (χ4v) is 7.48. The molecule has 0 unspecified atom stereocenters. The van der Waals surface area contributed by atoms with Crippen molar-refractivity contribution in [1.29, 1.82) is 0 Å². The highest BCUT2D eigenvalue weighted by atomic mass is 14.9. The summed E-state index contributed by atoms with van der Waals surface area (Å²) in [6.07, 6.45) is 20.7. The molecule has 13 aromatic rings. The van der Waals surface area contributed by atoms with Gasteiger partial charge in [-0.3, -0.25) is 24.9 Å². The average Bonchev–Trinajstić information content (AvgIpc) is 1.72. The van der Waals surface area contributed by atoms with Crippen molar-refractivity contribution >= 4 is 54.1 Å². The van der Waals surface area contributed by atoms with Crippen LogP contribution in [0.4, 0.5) is 0 Å². The first-order valence-electron chi connectivity index (χ1n) is 34.6. The molecular formula is C85H124N10. The van der Waals surface area contributed by atoms with Gasteiger partial charge >= 0.3 is 0 Å². The molecule has 0 aliphatic heterocycles. The molecule has 0 aliphatic carbocycles. The van der Waals surface area contributed by atoms with Crippen molar-refractivity contribution in [3.63, 3.8) is 0 Å². The number of pyridine rings is 3. The normalized spacial score (nSPS) is 8.42. The molecule has 0 atom stereocenters. The van der Waals surface area contributed by atoms with Crippen LogP contribution in [-0.4, -0.2) is 49.4 Å². The van der Waals surface area contributed by atoms with Crippen LogP contribution in [0.2, 0.25) is 0 Å². The number of aromatic nitrogens is 10. The lowest BCUT2D eigenvalue weighted by atomic mass is 9.96. The summed E-state index contributed by atoms with van der Waals surface area (Å²) >= 11 is 0. The van der Waals surface area contributed by atoms with Crippen molar-refractivity contribution in [1.82, 2.24) is 49.4 Å². The topological polar surface area (TPSA) is 121 Å². The van der Waals surface area contributed by atoms with Crippen LogP contribution >= 0.6 is 0 Å². The molecule has 0 N–H and O–H groups in total. The van der Waals surface area contributed by atoms with Gasteiger partial charge in [-0.1, -0.05) is 242 Å². The van der Waals surface area contributed by atoms with Gasteiger partial charge in [0, 0.05) is 108 Å². The molecule has 6 aromatic carbocycles. The fraction of sp³-hybridized carbons (Fsp3) is 0.329. The monoisotopic (exact) mass is 1290 g/mol. The highest BCUT2D eigenvalue weighted by molar-refractivity contribution is 6.12. The summed E-state index contributed by atoms with van der Waals surface area (Å²) in [6, 6.07) is 58.6. The van der Waals surface area contributed by atoms with Gasteiger partial charge in [-0.15, -0.1) is 0 Å². The van der Waals surface area contributed by atoms with Gasteiger partial charge in [0.2, 0.25) is 0 Å². The Balaban J connectivity index is -0.000000322. The van der Waals surface area contributed by atoms with Gasteiger partial charge in [0.15, 0.2) is 0 Å². The quantitative estimate of drug-likeness (QED) is 0.108. The Kier molecular flexibility index (Phi) is 67.0. The van der Waals surface area contributed by atoms with Crippen LogP contribution in [0.15, 0.2) is 244 Å². The summed E-state index contributed by atoms with van der Waals surface area (Å²) in [4.78, 5) is 34.8. The molecular weight excluding hydrogens is 1160 g/mol. The van der Waals surface area contributed by atoms with Crippen molar-refractivity contribution in [3.8, 4) is 0 Å². The summed E-state index contributed by atoms with van der Waals surface area (Å²) < 4.78 is 2.24. The van der Waals surface area contributed by atoms with E-state index in [2.05, 4.69) is 179 Å². The highest BCUT2D eigenvalue weighted by Crippen LogP contribution is 2.31. The minimum atomic E-state index is 0.822. The smallest absolute Gasteiger partial charge is 0.125 e. The number of fused-ring (bicyclic) bond motifs is 7. The van der Waals surface area contributed by atoms with Crippen molar-refractivity contribution in [2.45, 2.75) is 187 Å². The van der Waals surface area contributed by atoms with Gasteiger partial charge in [-0.05, 0) is 164 Å². The maximum atomic E-state index is 3.98. The molecule has 0 fully saturated rings. The largest absolute Gasteiger partial charge is 0.344 e. The van der Waals surface area contributed by atoms with Crippen LogP contribution in [-0.2, 0) is 7.05 Å². The molecule has 10 heteroatoms. The maximum absolute atomic E-state index is 3.98. The molecule has 0 saturated carbocycles. The molecule has 10 nitrogen and oxygen atoms in total. The zero-order valence-corrected chi connectivity index (χ0v) is 64.1. The highest BCUT2D eigenvalue weighted by Gasteiger charge is 2.06. The van der Waals surface area contributed by atoms with E-state index < -0.39 is 0 Å². The van der Waals surface area contributed by atoms with E-state index in [1.54, 1.807) is 68.0 Å². The zero-order valence-electron chi connectivity index (χ0n) is 64.1. The third-order valence-corrected chi connectivity index (χ3v) is 11.4. The minimum Gasteiger partial charge on any atom is -0.344 e. The van der Waals surface area contributed by atoms with E-state index in [1.165, 1.54) is 77.1 Å². The van der Waals surface area contributed by atoms with Crippen LogP contribution in [0, 0.1) is 48.5 Å². The molecule has 7 aromatic heterocycles. The van der Waals surface area contributed by atoms with Gasteiger partial charge in [-0.2, -0.15) is 0 Å². The maximum Gasteiger partial charge on any atom is 0.125 e. The second kappa shape index (κ2) is 67.5. The number of benzene rings is 6. The second-order valence-electron chi connectivity index (χ2n) is 17.3. The zero-order chi connectivity index (χ0) is 73.0. The van der Waals surface area contributed by atoms with Gasteiger partial charge in [0.05, 0.1) is 5.69 Å². The number of hydrogen-bond donors (Lipinski definition) is 0. The number of rotatable bonds is 0. The first kappa shape index (κ1) is 94.3. The Hall–Kier alpha value is -9.41. The summed E-state index contributed by atoms with van der Waals surface area (Å²) in [5.74, 6) is 0.822. The predicted octanol–water partition coefficient (Wildman–Crippen LogP) is 25.6. The lowest BCUT2D eigenvalue weighted by Crippen LogP contribution is -1.84. The minimum absolute atomic E-state index is 0.822. The van der Waals surface area contributed by atoms with Gasteiger partial charge in [-0.25, -0.2) is 19.9 Å². The van der Waals surface area contributed by atoms with Crippen LogP contribution in [0.3, 0.4) is 0 Å². The summed E-state index contributed by atoms with van der Waals surface area (Å²) in [5.41, 5.74) is 9.45. The summed E-state index contributed by atoms with van der Waals surface area (Å²) in [6.45, 7) is 53.9. The number of nitrogens with zero attached hydrogens (tertiary/aromatic N) is 10.